The van der Waals surface area contributed by atoms with Crippen LogP contribution >= 0.6 is 15.9 Å². The van der Waals surface area contributed by atoms with Gasteiger partial charge in [0.25, 0.3) is 0 Å². The molecular weight excluding hydrogens is 340 g/mol. The summed E-state index contributed by atoms with van der Waals surface area (Å²) in [4.78, 5) is 12.9. The zero-order valence-corrected chi connectivity index (χ0v) is 15.7. The van der Waals surface area contributed by atoms with Gasteiger partial charge in [-0.05, 0) is 62.4 Å². The Kier molecular flexibility index (Phi) is 4.98. The lowest BCUT2D eigenvalue weighted by atomic mass is 9.86. The van der Waals surface area contributed by atoms with E-state index in [2.05, 4.69) is 41.9 Å². The third-order valence-corrected chi connectivity index (χ3v) is 5.37. The molecule has 0 radical (unpaired) electrons. The van der Waals surface area contributed by atoms with Gasteiger partial charge in [0.1, 0.15) is 5.60 Å². The zero-order chi connectivity index (χ0) is 16.5. The van der Waals surface area contributed by atoms with Crippen LogP contribution in [0.2, 0.25) is 0 Å². The first-order chi connectivity index (χ1) is 10.3. The molecule has 1 aliphatic heterocycles. The monoisotopic (exact) mass is 364 g/mol. The largest absolute Gasteiger partial charge is 0.356 e. The lowest BCUT2D eigenvalue weighted by molar-refractivity contribution is -0.136. The second-order valence-electron chi connectivity index (χ2n) is 6.35. The van der Waals surface area contributed by atoms with Crippen LogP contribution in [-0.2, 0) is 16.0 Å². The first kappa shape index (κ1) is 17.4. The van der Waals surface area contributed by atoms with Crippen LogP contribution < -0.4 is 0 Å². The fourth-order valence-electron chi connectivity index (χ4n) is 3.01. The van der Waals surface area contributed by atoms with E-state index in [9.17, 15) is 4.79 Å². The molecule has 0 bridgehead atoms. The maximum Gasteiger partial charge on any atom is 0.193 e. The summed E-state index contributed by atoms with van der Waals surface area (Å²) >= 11 is 3.51. The van der Waals surface area contributed by atoms with E-state index in [1.54, 1.807) is 0 Å². The molecule has 0 saturated carbocycles. The van der Waals surface area contributed by atoms with E-state index in [0.717, 1.165) is 28.5 Å². The molecule has 0 amide bonds. The molecule has 0 spiro atoms. The van der Waals surface area contributed by atoms with Crippen molar-refractivity contribution in [3.05, 3.63) is 39.4 Å². The van der Waals surface area contributed by atoms with Crippen LogP contribution in [0.15, 0.2) is 28.2 Å². The first-order valence-electron chi connectivity index (χ1n) is 8.05. The number of Topliss-reactive ketones (excluding diaryl/α,β-unsaturated/α-hetero) is 1. The second-order valence-corrected chi connectivity index (χ2v) is 7.27. The van der Waals surface area contributed by atoms with Crippen LogP contribution in [0.1, 0.15) is 58.6 Å². The van der Waals surface area contributed by atoms with E-state index >= 15 is 0 Å². The number of rotatable bonds is 4. The molecule has 1 saturated heterocycles. The van der Waals surface area contributed by atoms with E-state index in [0.29, 0.717) is 6.42 Å². The van der Waals surface area contributed by atoms with Gasteiger partial charge in [0, 0.05) is 10.0 Å². The van der Waals surface area contributed by atoms with Crippen molar-refractivity contribution in [1.29, 1.82) is 0 Å². The molecule has 1 aromatic rings. The van der Waals surface area contributed by atoms with Crippen molar-refractivity contribution >= 4 is 27.8 Å². The number of hydrogen-bond donors (Lipinski definition) is 0. The third-order valence-electron chi connectivity index (χ3n) is 4.88. The lowest BCUT2D eigenvalue weighted by Gasteiger charge is -2.27. The van der Waals surface area contributed by atoms with Crippen molar-refractivity contribution in [2.45, 2.75) is 65.1 Å². The average molecular weight is 365 g/mol. The highest BCUT2D eigenvalue weighted by Gasteiger charge is 2.52. The lowest BCUT2D eigenvalue weighted by Crippen LogP contribution is -2.33. The molecule has 2 atom stereocenters. The van der Waals surface area contributed by atoms with Gasteiger partial charge >= 0.3 is 0 Å². The van der Waals surface area contributed by atoms with Gasteiger partial charge in [-0.1, -0.05) is 42.8 Å². The topological polar surface area (TPSA) is 26.3 Å². The van der Waals surface area contributed by atoms with Crippen molar-refractivity contribution in [2.24, 2.45) is 0 Å². The zero-order valence-electron chi connectivity index (χ0n) is 14.1. The van der Waals surface area contributed by atoms with E-state index < -0.39 is 11.2 Å². The number of ketones is 1. The molecule has 1 aliphatic rings. The predicted molar refractivity (Wildman–Crippen MR) is 95.0 cm³/mol. The highest BCUT2D eigenvalue weighted by Crippen LogP contribution is 2.43. The van der Waals surface area contributed by atoms with E-state index in [-0.39, 0.29) is 5.78 Å². The number of carbonyl (C=O) groups is 1. The molecule has 1 aromatic carbocycles. The molecule has 0 aromatic heterocycles. The minimum atomic E-state index is -0.696. The third kappa shape index (κ3) is 2.93. The Hall–Kier alpha value is -0.930. The SMILES string of the molecule is CCc1cc(Br)ccc1/C=C1/C(=O)C(C)(CC)OC1(C)CC. The van der Waals surface area contributed by atoms with Crippen molar-refractivity contribution in [1.82, 2.24) is 0 Å². The standard InChI is InChI=1S/C19H25BrO2/c1-6-13-11-15(20)10-9-14(13)12-16-17(21)19(5,8-3)22-18(16,4)7-2/h9-12H,6-8H2,1-5H3/b16-12-. The summed E-state index contributed by atoms with van der Waals surface area (Å²) in [5, 5.41) is 0. The van der Waals surface area contributed by atoms with Gasteiger partial charge in [0.15, 0.2) is 5.78 Å². The first-order valence-corrected chi connectivity index (χ1v) is 8.84. The molecule has 0 aliphatic carbocycles. The molecule has 3 heteroatoms. The Morgan fingerprint density at radius 2 is 1.77 bits per heavy atom. The summed E-state index contributed by atoms with van der Waals surface area (Å²) in [5.41, 5.74) is 1.95. The van der Waals surface area contributed by atoms with Crippen LogP contribution in [0.25, 0.3) is 6.08 Å². The van der Waals surface area contributed by atoms with Gasteiger partial charge in [-0.3, -0.25) is 4.79 Å². The fourth-order valence-corrected chi connectivity index (χ4v) is 3.42. The van der Waals surface area contributed by atoms with Crippen molar-refractivity contribution in [2.75, 3.05) is 0 Å². The maximum atomic E-state index is 12.9. The van der Waals surface area contributed by atoms with Gasteiger partial charge in [-0.15, -0.1) is 0 Å². The Balaban J connectivity index is 2.56. The molecule has 2 unspecified atom stereocenters. The smallest absolute Gasteiger partial charge is 0.193 e. The van der Waals surface area contributed by atoms with E-state index in [1.807, 2.05) is 32.9 Å². The van der Waals surface area contributed by atoms with Crippen molar-refractivity contribution in [3.8, 4) is 0 Å². The number of carbonyl (C=O) groups excluding carboxylic acids is 1. The van der Waals surface area contributed by atoms with Gasteiger partial charge in [0.2, 0.25) is 0 Å². The molecular formula is C19H25BrO2. The fraction of sp³-hybridized carbons (Fsp3) is 0.526. The summed E-state index contributed by atoms with van der Waals surface area (Å²) in [6.45, 7) is 10.2. The minimum Gasteiger partial charge on any atom is -0.356 e. The number of ether oxygens (including phenoxy) is 1. The van der Waals surface area contributed by atoms with E-state index in [4.69, 9.17) is 4.74 Å². The summed E-state index contributed by atoms with van der Waals surface area (Å²) < 4.78 is 7.27. The molecule has 120 valence electrons. The van der Waals surface area contributed by atoms with E-state index in [1.165, 1.54) is 5.56 Å². The summed E-state index contributed by atoms with van der Waals surface area (Å²) in [5.74, 6) is 0.129. The van der Waals surface area contributed by atoms with Crippen LogP contribution in [0.4, 0.5) is 0 Å². The summed E-state index contributed by atoms with van der Waals surface area (Å²) in [6.07, 6.45) is 4.46. The molecule has 2 rings (SSSR count). The average Bonchev–Trinajstić information content (AvgIpc) is 2.70. The number of aryl methyl sites for hydroxylation is 1. The predicted octanol–water partition coefficient (Wildman–Crippen LogP) is 5.33. The van der Waals surface area contributed by atoms with Gasteiger partial charge < -0.3 is 4.74 Å². The number of hydrogen-bond acceptors (Lipinski definition) is 2. The van der Waals surface area contributed by atoms with Crippen LogP contribution in [-0.4, -0.2) is 17.0 Å². The molecule has 1 fully saturated rings. The molecule has 22 heavy (non-hydrogen) atoms. The Morgan fingerprint density at radius 3 is 2.32 bits per heavy atom. The Morgan fingerprint density at radius 1 is 1.14 bits per heavy atom. The highest BCUT2D eigenvalue weighted by molar-refractivity contribution is 9.10. The Labute approximate surface area is 142 Å². The minimum absolute atomic E-state index is 0.129. The highest BCUT2D eigenvalue weighted by atomic mass is 79.9. The quantitative estimate of drug-likeness (QED) is 0.674. The van der Waals surface area contributed by atoms with Gasteiger partial charge in [-0.2, -0.15) is 0 Å². The van der Waals surface area contributed by atoms with Crippen molar-refractivity contribution in [3.63, 3.8) is 0 Å². The van der Waals surface area contributed by atoms with Crippen LogP contribution in [0.5, 0.6) is 0 Å². The summed E-state index contributed by atoms with van der Waals surface area (Å²) in [7, 11) is 0. The van der Waals surface area contributed by atoms with Crippen molar-refractivity contribution < 1.29 is 9.53 Å². The Bertz CT molecular complexity index is 620. The maximum absolute atomic E-state index is 12.9. The summed E-state index contributed by atoms with van der Waals surface area (Å²) in [6, 6.07) is 6.21. The number of halogens is 1. The van der Waals surface area contributed by atoms with Gasteiger partial charge in [0.05, 0.1) is 5.60 Å². The number of benzene rings is 1. The second kappa shape index (κ2) is 6.29. The van der Waals surface area contributed by atoms with Crippen LogP contribution in [0.3, 0.4) is 0 Å². The van der Waals surface area contributed by atoms with Crippen LogP contribution in [0, 0.1) is 0 Å². The molecule has 0 N–H and O–H groups in total. The normalized spacial score (nSPS) is 30.3. The molecule has 1 heterocycles. The molecule has 2 nitrogen and oxygen atoms in total. The van der Waals surface area contributed by atoms with Gasteiger partial charge in [-0.25, -0.2) is 0 Å².